The molecule has 2 aliphatic rings. The molecular formula is C15H18F4N2O. The molecule has 122 valence electrons. The second kappa shape index (κ2) is 5.95. The minimum atomic E-state index is -4.88. The first-order valence-electron chi connectivity index (χ1n) is 7.49. The van der Waals surface area contributed by atoms with Crippen LogP contribution in [0.25, 0.3) is 0 Å². The van der Waals surface area contributed by atoms with E-state index in [1.807, 2.05) is 0 Å². The molecule has 1 aliphatic carbocycles. The zero-order valence-electron chi connectivity index (χ0n) is 12.0. The standard InChI is InChI=1S/C15H18F4N2O/c16-11-9-10(5-6-14(11)22-15(17,18)19)21-8-7-20-12-3-1-2-4-13(12)21/h5-6,9,12-13,20H,1-4,7-8H2. The van der Waals surface area contributed by atoms with Crippen LogP contribution in [-0.4, -0.2) is 31.5 Å². The summed E-state index contributed by atoms with van der Waals surface area (Å²) in [7, 11) is 0. The van der Waals surface area contributed by atoms with Crippen molar-refractivity contribution in [3.05, 3.63) is 24.0 Å². The maximum atomic E-state index is 13.9. The number of hydrogen-bond acceptors (Lipinski definition) is 3. The monoisotopic (exact) mass is 318 g/mol. The lowest BCUT2D eigenvalue weighted by Gasteiger charge is -2.46. The lowest BCUT2D eigenvalue weighted by Crippen LogP contribution is -2.59. The van der Waals surface area contributed by atoms with Gasteiger partial charge in [0.2, 0.25) is 0 Å². The van der Waals surface area contributed by atoms with Gasteiger partial charge >= 0.3 is 6.36 Å². The van der Waals surface area contributed by atoms with E-state index < -0.39 is 17.9 Å². The number of anilines is 1. The lowest BCUT2D eigenvalue weighted by molar-refractivity contribution is -0.275. The van der Waals surface area contributed by atoms with Crippen LogP contribution < -0.4 is 15.0 Å². The van der Waals surface area contributed by atoms with E-state index in [1.54, 1.807) is 0 Å². The van der Waals surface area contributed by atoms with Crippen molar-refractivity contribution in [2.45, 2.75) is 44.1 Å². The van der Waals surface area contributed by atoms with Gasteiger partial charge in [-0.05, 0) is 25.0 Å². The van der Waals surface area contributed by atoms with Crippen molar-refractivity contribution in [1.29, 1.82) is 0 Å². The van der Waals surface area contributed by atoms with Crippen molar-refractivity contribution < 1.29 is 22.3 Å². The molecule has 1 saturated carbocycles. The number of ether oxygens (including phenoxy) is 1. The van der Waals surface area contributed by atoms with Crippen LogP contribution >= 0.6 is 0 Å². The van der Waals surface area contributed by atoms with E-state index in [9.17, 15) is 17.6 Å². The van der Waals surface area contributed by atoms with Gasteiger partial charge in [-0.2, -0.15) is 0 Å². The third kappa shape index (κ3) is 3.29. The van der Waals surface area contributed by atoms with Gasteiger partial charge in [-0.15, -0.1) is 13.2 Å². The Bertz CT molecular complexity index is 533. The predicted molar refractivity (Wildman–Crippen MR) is 74.5 cm³/mol. The van der Waals surface area contributed by atoms with E-state index in [1.165, 1.54) is 12.5 Å². The van der Waals surface area contributed by atoms with Crippen LogP contribution in [0.15, 0.2) is 18.2 Å². The van der Waals surface area contributed by atoms with Crippen molar-refractivity contribution in [3.63, 3.8) is 0 Å². The molecular weight excluding hydrogens is 300 g/mol. The summed E-state index contributed by atoms with van der Waals surface area (Å²) < 4.78 is 54.1. The van der Waals surface area contributed by atoms with Crippen molar-refractivity contribution in [2.75, 3.05) is 18.0 Å². The SMILES string of the molecule is Fc1cc(N2CCNC3CCCCC32)ccc1OC(F)(F)F. The Morgan fingerprint density at radius 3 is 2.68 bits per heavy atom. The smallest absolute Gasteiger partial charge is 0.403 e. The molecule has 3 nitrogen and oxygen atoms in total. The second-order valence-corrected chi connectivity index (χ2v) is 5.77. The van der Waals surface area contributed by atoms with E-state index in [2.05, 4.69) is 15.0 Å². The van der Waals surface area contributed by atoms with Gasteiger partial charge in [-0.25, -0.2) is 4.39 Å². The number of benzene rings is 1. The van der Waals surface area contributed by atoms with Gasteiger partial charge in [0.15, 0.2) is 11.6 Å². The molecule has 1 heterocycles. The number of alkyl halides is 3. The lowest BCUT2D eigenvalue weighted by atomic mass is 9.87. The number of fused-ring (bicyclic) bond motifs is 1. The fourth-order valence-electron chi connectivity index (χ4n) is 3.46. The summed E-state index contributed by atoms with van der Waals surface area (Å²) in [6.45, 7) is 1.52. The second-order valence-electron chi connectivity index (χ2n) is 5.77. The summed E-state index contributed by atoms with van der Waals surface area (Å²) in [4.78, 5) is 2.10. The molecule has 22 heavy (non-hydrogen) atoms. The number of halogens is 4. The van der Waals surface area contributed by atoms with Gasteiger partial charge in [-0.3, -0.25) is 0 Å². The van der Waals surface area contributed by atoms with Crippen LogP contribution in [0.5, 0.6) is 5.75 Å². The van der Waals surface area contributed by atoms with Crippen LogP contribution in [0.3, 0.4) is 0 Å². The first kappa shape index (κ1) is 15.4. The van der Waals surface area contributed by atoms with Crippen molar-refractivity contribution >= 4 is 5.69 Å². The van der Waals surface area contributed by atoms with Gasteiger partial charge in [0.1, 0.15) is 0 Å². The average Bonchev–Trinajstić information content (AvgIpc) is 2.47. The zero-order chi connectivity index (χ0) is 15.7. The molecule has 0 amide bonds. The molecule has 0 spiro atoms. The third-order valence-corrected chi connectivity index (χ3v) is 4.36. The number of nitrogens with zero attached hydrogens (tertiary/aromatic N) is 1. The van der Waals surface area contributed by atoms with Crippen molar-refractivity contribution in [3.8, 4) is 5.75 Å². The Morgan fingerprint density at radius 1 is 1.18 bits per heavy atom. The molecule has 3 rings (SSSR count). The van der Waals surface area contributed by atoms with Crippen LogP contribution in [0, 0.1) is 5.82 Å². The molecule has 0 bridgehead atoms. The molecule has 2 atom stereocenters. The normalized spacial score (nSPS) is 25.7. The summed E-state index contributed by atoms with van der Waals surface area (Å²) in [5, 5.41) is 3.47. The van der Waals surface area contributed by atoms with Gasteiger partial charge in [0, 0.05) is 36.9 Å². The first-order chi connectivity index (χ1) is 10.4. The first-order valence-corrected chi connectivity index (χ1v) is 7.49. The van der Waals surface area contributed by atoms with Crippen LogP contribution in [-0.2, 0) is 0 Å². The van der Waals surface area contributed by atoms with E-state index in [0.29, 0.717) is 11.7 Å². The Kier molecular flexibility index (Phi) is 4.16. The van der Waals surface area contributed by atoms with Gasteiger partial charge in [0.25, 0.3) is 0 Å². The third-order valence-electron chi connectivity index (χ3n) is 4.36. The van der Waals surface area contributed by atoms with Crippen LogP contribution in [0.1, 0.15) is 25.7 Å². The maximum Gasteiger partial charge on any atom is 0.573 e. The van der Waals surface area contributed by atoms with Crippen LogP contribution in [0.4, 0.5) is 23.2 Å². The highest BCUT2D eigenvalue weighted by molar-refractivity contribution is 5.51. The van der Waals surface area contributed by atoms with Gasteiger partial charge < -0.3 is 15.0 Å². The fraction of sp³-hybridized carbons (Fsp3) is 0.600. The quantitative estimate of drug-likeness (QED) is 0.846. The fourth-order valence-corrected chi connectivity index (χ4v) is 3.46. The van der Waals surface area contributed by atoms with E-state index in [0.717, 1.165) is 44.5 Å². The summed E-state index contributed by atoms with van der Waals surface area (Å²) in [6.07, 6.45) is -0.489. The Balaban J connectivity index is 1.80. The Labute approximate surface area is 126 Å². The predicted octanol–water partition coefficient (Wildman–Crippen LogP) is 3.45. The van der Waals surface area contributed by atoms with E-state index in [4.69, 9.17) is 0 Å². The van der Waals surface area contributed by atoms with Crippen LogP contribution in [0.2, 0.25) is 0 Å². The van der Waals surface area contributed by atoms with E-state index >= 15 is 0 Å². The summed E-state index contributed by atoms with van der Waals surface area (Å²) >= 11 is 0. The van der Waals surface area contributed by atoms with Gasteiger partial charge in [0.05, 0.1) is 0 Å². The summed E-state index contributed by atoms with van der Waals surface area (Å²) in [5.41, 5.74) is 0.616. The molecule has 1 aliphatic heterocycles. The highest BCUT2D eigenvalue weighted by Gasteiger charge is 2.35. The molecule has 1 aromatic rings. The molecule has 1 saturated heterocycles. The largest absolute Gasteiger partial charge is 0.573 e. The van der Waals surface area contributed by atoms with E-state index in [-0.39, 0.29) is 6.04 Å². The average molecular weight is 318 g/mol. The zero-order valence-corrected chi connectivity index (χ0v) is 12.0. The number of rotatable bonds is 2. The van der Waals surface area contributed by atoms with Crippen molar-refractivity contribution in [1.82, 2.24) is 5.32 Å². The molecule has 2 unspecified atom stereocenters. The molecule has 0 radical (unpaired) electrons. The molecule has 2 fully saturated rings. The number of nitrogens with one attached hydrogen (secondary N) is 1. The molecule has 0 aromatic heterocycles. The number of piperazine rings is 1. The minimum Gasteiger partial charge on any atom is -0.403 e. The van der Waals surface area contributed by atoms with Crippen molar-refractivity contribution in [2.24, 2.45) is 0 Å². The topological polar surface area (TPSA) is 24.5 Å². The Hall–Kier alpha value is -1.50. The molecule has 1 aromatic carbocycles. The molecule has 7 heteroatoms. The minimum absolute atomic E-state index is 0.274. The summed E-state index contributed by atoms with van der Waals surface area (Å²) in [5.74, 6) is -1.77. The molecule has 1 N–H and O–H groups in total. The highest BCUT2D eigenvalue weighted by Crippen LogP contribution is 2.33. The van der Waals surface area contributed by atoms with Gasteiger partial charge in [-0.1, -0.05) is 12.8 Å². The number of hydrogen-bond donors (Lipinski definition) is 1. The summed E-state index contributed by atoms with van der Waals surface area (Å²) in [6, 6.07) is 4.34. The Morgan fingerprint density at radius 2 is 1.95 bits per heavy atom. The maximum absolute atomic E-state index is 13.9. The highest BCUT2D eigenvalue weighted by atomic mass is 19.4.